The van der Waals surface area contributed by atoms with Gasteiger partial charge in [-0.05, 0) is 30.9 Å². The molecule has 22 heavy (non-hydrogen) atoms. The smallest absolute Gasteiger partial charge is 0.305 e. The van der Waals surface area contributed by atoms with Gasteiger partial charge in [0.1, 0.15) is 6.10 Å². The lowest BCUT2D eigenvalue weighted by molar-refractivity contribution is -0.163. The van der Waals surface area contributed by atoms with Gasteiger partial charge in [0.25, 0.3) is 0 Å². The monoisotopic (exact) mass is 300 g/mol. The Bertz CT molecular complexity index is 559. The lowest BCUT2D eigenvalue weighted by atomic mass is 9.79. The molecule has 0 spiro atoms. The molecule has 118 valence electrons. The molecule has 3 nitrogen and oxygen atoms in total. The van der Waals surface area contributed by atoms with E-state index in [-0.39, 0.29) is 5.97 Å². The molecule has 1 aromatic carbocycles. The highest BCUT2D eigenvalue weighted by Crippen LogP contribution is 2.40. The number of methoxy groups -OCH3 is 1. The Morgan fingerprint density at radius 2 is 2.00 bits per heavy atom. The Morgan fingerprint density at radius 3 is 2.55 bits per heavy atom. The van der Waals surface area contributed by atoms with E-state index in [4.69, 9.17) is 9.47 Å². The van der Waals surface area contributed by atoms with Gasteiger partial charge in [0.2, 0.25) is 0 Å². The van der Waals surface area contributed by atoms with Crippen LogP contribution in [0, 0.1) is 0 Å². The largest absolute Gasteiger partial charge is 0.459 e. The van der Waals surface area contributed by atoms with Crippen molar-refractivity contribution in [3.8, 4) is 0 Å². The van der Waals surface area contributed by atoms with Crippen LogP contribution in [0.25, 0.3) is 0 Å². The zero-order valence-electron chi connectivity index (χ0n) is 13.5. The maximum atomic E-state index is 11.8. The molecule has 0 radical (unpaired) electrons. The van der Waals surface area contributed by atoms with E-state index in [1.54, 1.807) is 14.0 Å². The van der Waals surface area contributed by atoms with E-state index in [0.29, 0.717) is 6.42 Å². The molecule has 2 atom stereocenters. The van der Waals surface area contributed by atoms with Gasteiger partial charge < -0.3 is 9.47 Å². The highest BCUT2D eigenvalue weighted by molar-refractivity contribution is 5.69. The van der Waals surface area contributed by atoms with Crippen LogP contribution in [-0.2, 0) is 19.9 Å². The van der Waals surface area contributed by atoms with Crippen molar-refractivity contribution in [2.75, 3.05) is 7.11 Å². The number of hydrogen-bond donors (Lipinski definition) is 0. The van der Waals surface area contributed by atoms with Crippen LogP contribution in [0.2, 0.25) is 0 Å². The number of allylic oxidation sites excluding steroid dienone is 2. The third-order valence-electron chi connectivity index (χ3n) is 4.12. The molecular weight excluding hydrogens is 276 g/mol. The van der Waals surface area contributed by atoms with Crippen molar-refractivity contribution in [2.24, 2.45) is 0 Å². The fourth-order valence-electron chi connectivity index (χ4n) is 2.98. The first-order chi connectivity index (χ1) is 10.6. The van der Waals surface area contributed by atoms with Crippen molar-refractivity contribution < 1.29 is 14.3 Å². The fourth-order valence-corrected chi connectivity index (χ4v) is 2.98. The molecule has 0 saturated heterocycles. The molecule has 1 aliphatic rings. The minimum Gasteiger partial charge on any atom is -0.459 e. The first-order valence-electron chi connectivity index (χ1n) is 7.82. The van der Waals surface area contributed by atoms with Gasteiger partial charge in [0, 0.05) is 13.5 Å². The molecule has 2 rings (SSSR count). The van der Waals surface area contributed by atoms with Gasteiger partial charge in [0.15, 0.2) is 5.60 Å². The summed E-state index contributed by atoms with van der Waals surface area (Å²) in [5.41, 5.74) is 1.26. The van der Waals surface area contributed by atoms with Crippen LogP contribution in [-0.4, -0.2) is 19.2 Å². The minimum atomic E-state index is -0.775. The summed E-state index contributed by atoms with van der Waals surface area (Å²) in [6.45, 7) is 3.69. The van der Waals surface area contributed by atoms with Crippen molar-refractivity contribution in [3.05, 3.63) is 59.7 Å². The molecule has 2 unspecified atom stereocenters. The summed E-state index contributed by atoms with van der Waals surface area (Å²) >= 11 is 0. The number of rotatable bonds is 6. The molecule has 0 aromatic heterocycles. The molecular formula is C19H24O3. The average Bonchev–Trinajstić information content (AvgIpc) is 2.58. The second-order valence-electron chi connectivity index (χ2n) is 5.43. The first-order valence-corrected chi connectivity index (χ1v) is 7.82. The summed E-state index contributed by atoms with van der Waals surface area (Å²) in [5.74, 6) is -0.217. The van der Waals surface area contributed by atoms with Gasteiger partial charge >= 0.3 is 5.97 Å². The highest BCUT2D eigenvalue weighted by atomic mass is 16.6. The summed E-state index contributed by atoms with van der Waals surface area (Å²) < 4.78 is 11.6. The van der Waals surface area contributed by atoms with E-state index in [2.05, 4.69) is 18.2 Å². The maximum absolute atomic E-state index is 11.8. The molecule has 0 saturated carbocycles. The van der Waals surface area contributed by atoms with Gasteiger partial charge in [-0.1, -0.05) is 55.5 Å². The Balaban J connectivity index is 2.49. The second kappa shape index (κ2) is 7.41. The molecule has 0 aliphatic heterocycles. The summed E-state index contributed by atoms with van der Waals surface area (Å²) in [6, 6.07) is 9.96. The van der Waals surface area contributed by atoms with Gasteiger partial charge in [-0.25, -0.2) is 0 Å². The summed E-state index contributed by atoms with van der Waals surface area (Å²) in [5, 5.41) is 0. The third kappa shape index (κ3) is 3.14. The number of ether oxygens (including phenoxy) is 2. The predicted molar refractivity (Wildman–Crippen MR) is 87.4 cm³/mol. The van der Waals surface area contributed by atoms with Crippen LogP contribution in [0.5, 0.6) is 0 Å². The van der Waals surface area contributed by atoms with E-state index in [1.807, 2.05) is 37.3 Å². The number of carbonyl (C=O) groups excluding carboxylic acids is 1. The Kier molecular flexibility index (Phi) is 5.56. The van der Waals surface area contributed by atoms with Crippen molar-refractivity contribution in [3.63, 3.8) is 0 Å². The quantitative estimate of drug-likeness (QED) is 0.740. The van der Waals surface area contributed by atoms with Crippen LogP contribution >= 0.6 is 0 Å². The lowest BCUT2D eigenvalue weighted by Gasteiger charge is -2.39. The average molecular weight is 300 g/mol. The van der Waals surface area contributed by atoms with E-state index >= 15 is 0 Å². The summed E-state index contributed by atoms with van der Waals surface area (Å²) in [6.07, 6.45) is 8.33. The zero-order chi connectivity index (χ0) is 16.0. The SMILES string of the molecule is CCC(=O)OC(C)C(OC)(C1=CCCC=C1)c1ccccc1. The molecule has 0 fully saturated rings. The lowest BCUT2D eigenvalue weighted by Crippen LogP contribution is -2.44. The van der Waals surface area contributed by atoms with Crippen LogP contribution < -0.4 is 0 Å². The molecule has 1 aliphatic carbocycles. The second-order valence-corrected chi connectivity index (χ2v) is 5.43. The minimum absolute atomic E-state index is 0.217. The zero-order valence-corrected chi connectivity index (χ0v) is 13.5. The van der Waals surface area contributed by atoms with E-state index in [1.165, 1.54) is 0 Å². The number of hydrogen-bond acceptors (Lipinski definition) is 3. The molecule has 1 aromatic rings. The van der Waals surface area contributed by atoms with Crippen molar-refractivity contribution in [2.45, 2.75) is 44.8 Å². The van der Waals surface area contributed by atoms with Crippen LogP contribution in [0.3, 0.4) is 0 Å². The Hall–Kier alpha value is -1.87. The fraction of sp³-hybridized carbons (Fsp3) is 0.421. The van der Waals surface area contributed by atoms with E-state index in [9.17, 15) is 4.79 Å². The molecule has 0 N–H and O–H groups in total. The number of benzene rings is 1. The van der Waals surface area contributed by atoms with E-state index < -0.39 is 11.7 Å². The van der Waals surface area contributed by atoms with Gasteiger partial charge in [0.05, 0.1) is 0 Å². The highest BCUT2D eigenvalue weighted by Gasteiger charge is 2.43. The van der Waals surface area contributed by atoms with Gasteiger partial charge in [-0.15, -0.1) is 0 Å². The number of carbonyl (C=O) groups is 1. The molecule has 0 amide bonds. The molecule has 0 bridgehead atoms. The number of esters is 1. The first kappa shape index (κ1) is 16.5. The van der Waals surface area contributed by atoms with Crippen LogP contribution in [0.1, 0.15) is 38.7 Å². The topological polar surface area (TPSA) is 35.5 Å². The Labute approximate surface area is 132 Å². The third-order valence-corrected chi connectivity index (χ3v) is 4.12. The van der Waals surface area contributed by atoms with Crippen LogP contribution in [0.4, 0.5) is 0 Å². The van der Waals surface area contributed by atoms with Gasteiger partial charge in [-0.3, -0.25) is 4.79 Å². The van der Waals surface area contributed by atoms with Gasteiger partial charge in [-0.2, -0.15) is 0 Å². The molecule has 3 heteroatoms. The van der Waals surface area contributed by atoms with Crippen molar-refractivity contribution >= 4 is 5.97 Å². The van der Waals surface area contributed by atoms with Crippen molar-refractivity contribution in [1.29, 1.82) is 0 Å². The normalized spacial score (nSPS) is 18.2. The predicted octanol–water partition coefficient (Wildman–Crippen LogP) is 4.15. The summed E-state index contributed by atoms with van der Waals surface area (Å²) in [7, 11) is 1.67. The summed E-state index contributed by atoms with van der Waals surface area (Å²) in [4.78, 5) is 11.8. The van der Waals surface area contributed by atoms with Crippen LogP contribution in [0.15, 0.2) is 54.1 Å². The molecule has 0 heterocycles. The Morgan fingerprint density at radius 1 is 1.27 bits per heavy atom. The van der Waals surface area contributed by atoms with E-state index in [0.717, 1.165) is 24.0 Å². The maximum Gasteiger partial charge on any atom is 0.305 e. The van der Waals surface area contributed by atoms with Crippen molar-refractivity contribution in [1.82, 2.24) is 0 Å². The standard InChI is InChI=1S/C19H24O3/c1-4-18(20)22-15(2)19(21-3,16-11-7-5-8-12-16)17-13-9-6-10-14-17/h5,7-9,11-15H,4,6,10H2,1-3H3.